The van der Waals surface area contributed by atoms with Crippen molar-refractivity contribution in [3.63, 3.8) is 0 Å². The highest BCUT2D eigenvalue weighted by Gasteiger charge is 2.28. The quantitative estimate of drug-likeness (QED) is 0.615. The van der Waals surface area contributed by atoms with Gasteiger partial charge in [0.1, 0.15) is 5.56 Å². The van der Waals surface area contributed by atoms with Gasteiger partial charge in [0.25, 0.3) is 11.4 Å². The molecule has 1 rings (SSSR count). The van der Waals surface area contributed by atoms with Gasteiger partial charge in [-0.3, -0.25) is 20.2 Å². The molecule has 1 aromatic rings. The van der Waals surface area contributed by atoms with E-state index in [4.69, 9.17) is 5.11 Å². The zero-order chi connectivity index (χ0) is 15.4. The van der Waals surface area contributed by atoms with Crippen molar-refractivity contribution in [3.05, 3.63) is 43.5 Å². The number of carbonyl (C=O) groups is 1. The molecule has 9 heteroatoms. The highest BCUT2D eigenvalue weighted by molar-refractivity contribution is 5.90. The largest absolute Gasteiger partial charge is 0.478 e. The van der Waals surface area contributed by atoms with Crippen LogP contribution >= 0.6 is 0 Å². The SMILES string of the molecule is CN(C)CCc1c([N+](=O)[O-])cc(C(=O)O)cc1[N+](=O)[O-]. The summed E-state index contributed by atoms with van der Waals surface area (Å²) in [5.74, 6) is -1.45. The second-order valence-corrected chi connectivity index (χ2v) is 4.37. The van der Waals surface area contributed by atoms with Crippen molar-refractivity contribution >= 4 is 17.3 Å². The second kappa shape index (κ2) is 6.06. The fourth-order valence-corrected chi connectivity index (χ4v) is 1.68. The molecule has 0 atom stereocenters. The van der Waals surface area contributed by atoms with Crippen LogP contribution in [0.4, 0.5) is 11.4 Å². The summed E-state index contributed by atoms with van der Waals surface area (Å²) in [6.07, 6.45) is 0.0829. The molecule has 0 saturated carbocycles. The first-order chi connectivity index (χ1) is 9.23. The van der Waals surface area contributed by atoms with Crippen LogP contribution in [-0.2, 0) is 6.42 Å². The number of carboxylic acids is 1. The van der Waals surface area contributed by atoms with E-state index in [-0.39, 0.29) is 12.0 Å². The summed E-state index contributed by atoms with van der Waals surface area (Å²) in [4.78, 5) is 33.0. The molecule has 0 unspecified atom stereocenters. The number of hydrogen-bond donors (Lipinski definition) is 1. The molecule has 0 aliphatic carbocycles. The monoisotopic (exact) mass is 283 g/mol. The van der Waals surface area contributed by atoms with Crippen LogP contribution in [0.15, 0.2) is 12.1 Å². The molecule has 0 saturated heterocycles. The predicted molar refractivity (Wildman–Crippen MR) is 69.0 cm³/mol. The molecule has 1 aromatic carbocycles. The van der Waals surface area contributed by atoms with Gasteiger partial charge in [-0.25, -0.2) is 4.79 Å². The Bertz CT molecular complexity index is 534. The molecule has 0 spiro atoms. The standard InChI is InChI=1S/C11H13N3O6/c1-12(2)4-3-8-9(13(17)18)5-7(11(15)16)6-10(8)14(19)20/h5-6H,3-4H2,1-2H3,(H,15,16). The summed E-state index contributed by atoms with van der Waals surface area (Å²) in [7, 11) is 3.45. The summed E-state index contributed by atoms with van der Waals surface area (Å²) < 4.78 is 0. The van der Waals surface area contributed by atoms with Crippen LogP contribution in [0.3, 0.4) is 0 Å². The molecule has 0 radical (unpaired) electrons. The minimum absolute atomic E-state index is 0.0706. The molecule has 0 fully saturated rings. The Kier molecular flexibility index (Phi) is 4.70. The Morgan fingerprint density at radius 2 is 1.65 bits per heavy atom. The summed E-state index contributed by atoms with van der Waals surface area (Å²) in [5, 5.41) is 30.8. The molecule has 0 bridgehead atoms. The lowest BCUT2D eigenvalue weighted by Gasteiger charge is -2.10. The predicted octanol–water partition coefficient (Wildman–Crippen LogP) is 1.31. The van der Waals surface area contributed by atoms with Crippen molar-refractivity contribution < 1.29 is 19.7 Å². The van der Waals surface area contributed by atoms with Gasteiger partial charge in [-0.05, 0) is 20.5 Å². The lowest BCUT2D eigenvalue weighted by Crippen LogP contribution is -2.17. The van der Waals surface area contributed by atoms with E-state index in [1.165, 1.54) is 0 Å². The number of benzene rings is 1. The number of hydrogen-bond acceptors (Lipinski definition) is 6. The topological polar surface area (TPSA) is 127 Å². The van der Waals surface area contributed by atoms with Crippen LogP contribution in [-0.4, -0.2) is 46.5 Å². The molecule has 0 aromatic heterocycles. The third-order valence-corrected chi connectivity index (χ3v) is 2.65. The Hall–Kier alpha value is -2.55. The van der Waals surface area contributed by atoms with Gasteiger partial charge in [0, 0.05) is 18.7 Å². The highest BCUT2D eigenvalue weighted by Crippen LogP contribution is 2.31. The van der Waals surface area contributed by atoms with E-state index in [0.717, 1.165) is 12.1 Å². The molecule has 0 heterocycles. The molecular formula is C11H13N3O6. The third kappa shape index (κ3) is 3.48. The van der Waals surface area contributed by atoms with Crippen molar-refractivity contribution in [1.82, 2.24) is 4.90 Å². The van der Waals surface area contributed by atoms with Gasteiger partial charge in [0.05, 0.1) is 15.4 Å². The number of aromatic carboxylic acids is 1. The molecule has 0 aliphatic heterocycles. The van der Waals surface area contributed by atoms with E-state index in [1.807, 2.05) is 0 Å². The van der Waals surface area contributed by atoms with Crippen molar-refractivity contribution in [2.24, 2.45) is 0 Å². The lowest BCUT2D eigenvalue weighted by atomic mass is 10.0. The number of likely N-dealkylation sites (N-methyl/N-ethyl adjacent to an activating group) is 1. The Morgan fingerprint density at radius 1 is 1.20 bits per heavy atom. The van der Waals surface area contributed by atoms with Crippen LogP contribution in [0, 0.1) is 20.2 Å². The van der Waals surface area contributed by atoms with Gasteiger partial charge >= 0.3 is 5.97 Å². The third-order valence-electron chi connectivity index (χ3n) is 2.65. The van der Waals surface area contributed by atoms with Crippen molar-refractivity contribution in [3.8, 4) is 0 Å². The molecular weight excluding hydrogens is 270 g/mol. The van der Waals surface area contributed by atoms with E-state index >= 15 is 0 Å². The van der Waals surface area contributed by atoms with Crippen molar-refractivity contribution in [2.75, 3.05) is 20.6 Å². The van der Waals surface area contributed by atoms with Crippen LogP contribution in [0.25, 0.3) is 0 Å². The average Bonchev–Trinajstić information content (AvgIpc) is 2.34. The van der Waals surface area contributed by atoms with E-state index in [0.29, 0.717) is 6.54 Å². The lowest BCUT2D eigenvalue weighted by molar-refractivity contribution is -0.395. The van der Waals surface area contributed by atoms with Crippen LogP contribution in [0.5, 0.6) is 0 Å². The molecule has 0 aliphatic rings. The van der Waals surface area contributed by atoms with Crippen LogP contribution in [0.1, 0.15) is 15.9 Å². The van der Waals surface area contributed by atoms with Crippen molar-refractivity contribution in [2.45, 2.75) is 6.42 Å². The molecule has 20 heavy (non-hydrogen) atoms. The number of rotatable bonds is 6. The van der Waals surface area contributed by atoms with E-state index < -0.39 is 32.8 Å². The first-order valence-electron chi connectivity index (χ1n) is 5.57. The van der Waals surface area contributed by atoms with Gasteiger partial charge in [0.15, 0.2) is 0 Å². The highest BCUT2D eigenvalue weighted by atomic mass is 16.6. The fraction of sp³-hybridized carbons (Fsp3) is 0.364. The molecule has 1 N–H and O–H groups in total. The summed E-state index contributed by atoms with van der Waals surface area (Å²) >= 11 is 0. The van der Waals surface area contributed by atoms with E-state index in [1.54, 1.807) is 19.0 Å². The Balaban J connectivity index is 3.46. The average molecular weight is 283 g/mol. The van der Waals surface area contributed by atoms with Gasteiger partial charge in [0.2, 0.25) is 0 Å². The molecule has 108 valence electrons. The maximum absolute atomic E-state index is 11.0. The normalized spacial score (nSPS) is 10.6. The number of carboxylic acid groups (broad SMARTS) is 1. The summed E-state index contributed by atoms with van der Waals surface area (Å²) in [5.41, 5.74) is -1.63. The Labute approximate surface area is 113 Å². The van der Waals surface area contributed by atoms with Gasteiger partial charge < -0.3 is 10.0 Å². The molecule has 9 nitrogen and oxygen atoms in total. The smallest absolute Gasteiger partial charge is 0.336 e. The number of nitro benzene ring substituents is 2. The zero-order valence-electron chi connectivity index (χ0n) is 10.9. The van der Waals surface area contributed by atoms with E-state index in [9.17, 15) is 25.0 Å². The first kappa shape index (κ1) is 15.5. The molecule has 0 amide bonds. The van der Waals surface area contributed by atoms with E-state index in [2.05, 4.69) is 0 Å². The second-order valence-electron chi connectivity index (χ2n) is 4.37. The number of nitrogens with zero attached hydrogens (tertiary/aromatic N) is 3. The maximum atomic E-state index is 11.0. The summed E-state index contributed by atoms with van der Waals surface area (Å²) in [6.45, 7) is 0.369. The van der Waals surface area contributed by atoms with Gasteiger partial charge in [-0.15, -0.1) is 0 Å². The van der Waals surface area contributed by atoms with Crippen LogP contribution in [0.2, 0.25) is 0 Å². The fourth-order valence-electron chi connectivity index (χ4n) is 1.68. The minimum atomic E-state index is -1.45. The van der Waals surface area contributed by atoms with Gasteiger partial charge in [-0.1, -0.05) is 0 Å². The maximum Gasteiger partial charge on any atom is 0.336 e. The minimum Gasteiger partial charge on any atom is -0.478 e. The summed E-state index contributed by atoms with van der Waals surface area (Å²) in [6, 6.07) is 1.70. The zero-order valence-corrected chi connectivity index (χ0v) is 10.9. The van der Waals surface area contributed by atoms with Crippen LogP contribution < -0.4 is 0 Å². The van der Waals surface area contributed by atoms with Gasteiger partial charge in [-0.2, -0.15) is 0 Å². The Morgan fingerprint density at radius 3 is 1.95 bits per heavy atom. The number of nitro groups is 2. The van der Waals surface area contributed by atoms with Crippen molar-refractivity contribution in [1.29, 1.82) is 0 Å². The first-order valence-corrected chi connectivity index (χ1v) is 5.57.